The van der Waals surface area contributed by atoms with Crippen LogP contribution in [0.1, 0.15) is 38.3 Å². The fourth-order valence-electron chi connectivity index (χ4n) is 3.29. The van der Waals surface area contributed by atoms with E-state index in [1.807, 2.05) is 31.2 Å². The Hall–Kier alpha value is -2.64. The summed E-state index contributed by atoms with van der Waals surface area (Å²) in [5.41, 5.74) is 3.27. The zero-order chi connectivity index (χ0) is 20.7. The first-order valence-corrected chi connectivity index (χ1v) is 10.4. The van der Waals surface area contributed by atoms with Gasteiger partial charge in [-0.05, 0) is 49.7 Å². The molecule has 2 aromatic heterocycles. The summed E-state index contributed by atoms with van der Waals surface area (Å²) >= 11 is 7.90. The van der Waals surface area contributed by atoms with Crippen molar-refractivity contribution in [3.05, 3.63) is 57.2 Å². The molecule has 150 valence electrons. The fraction of sp³-hybridized carbons (Fsp3) is 0.286. The molecule has 29 heavy (non-hydrogen) atoms. The first-order valence-electron chi connectivity index (χ1n) is 9.21. The van der Waals surface area contributed by atoms with Crippen LogP contribution in [0.25, 0.3) is 10.4 Å². The third-order valence-corrected chi connectivity index (χ3v) is 6.44. The predicted octanol–water partition coefficient (Wildman–Crippen LogP) is 4.05. The molecule has 0 spiro atoms. The maximum Gasteiger partial charge on any atom is 0.271 e. The number of nitrogens with zero attached hydrogens (tertiary/aromatic N) is 2. The molecule has 1 atom stereocenters. The van der Waals surface area contributed by atoms with Crippen LogP contribution in [0.2, 0.25) is 5.02 Å². The first kappa shape index (κ1) is 19.7. The van der Waals surface area contributed by atoms with Gasteiger partial charge in [0, 0.05) is 29.6 Å². The number of carbonyl (C=O) groups excluding carboxylic acids is 2. The van der Waals surface area contributed by atoms with Crippen molar-refractivity contribution in [2.45, 2.75) is 26.4 Å². The minimum absolute atomic E-state index is 0.0516. The Morgan fingerprint density at radius 2 is 2.14 bits per heavy atom. The van der Waals surface area contributed by atoms with Crippen LogP contribution in [-0.2, 0) is 13.5 Å². The highest BCUT2D eigenvalue weighted by atomic mass is 35.5. The van der Waals surface area contributed by atoms with Gasteiger partial charge in [0.15, 0.2) is 5.78 Å². The molecule has 8 heteroatoms. The summed E-state index contributed by atoms with van der Waals surface area (Å²) in [7, 11) is 1.80. The fourth-order valence-corrected chi connectivity index (χ4v) is 4.47. The number of halogens is 1. The summed E-state index contributed by atoms with van der Waals surface area (Å²) in [5, 5.41) is 7.60. The number of aryl methyl sites for hydroxylation is 2. The van der Waals surface area contributed by atoms with Crippen molar-refractivity contribution < 1.29 is 14.3 Å². The van der Waals surface area contributed by atoms with Gasteiger partial charge in [-0.25, -0.2) is 0 Å². The van der Waals surface area contributed by atoms with Crippen LogP contribution in [-0.4, -0.2) is 34.1 Å². The second-order valence-corrected chi connectivity index (χ2v) is 8.61. The standard InChI is InChI=1S/C21H20ClN3O3S/c1-11-6-17(24-25(11)3)21(27)23-10-15-8-14-7-13(9-16(22)20(14)28-15)19-5-4-18(29-19)12(2)26/h4-7,9,15H,8,10H2,1-3H3,(H,23,27). The number of carbonyl (C=O) groups is 2. The van der Waals surface area contributed by atoms with Gasteiger partial charge in [0.1, 0.15) is 17.5 Å². The highest BCUT2D eigenvalue weighted by Crippen LogP contribution is 2.41. The van der Waals surface area contributed by atoms with E-state index in [4.69, 9.17) is 16.3 Å². The molecule has 0 aliphatic carbocycles. The molecule has 0 saturated carbocycles. The van der Waals surface area contributed by atoms with Crippen molar-refractivity contribution in [1.29, 1.82) is 0 Å². The first-order chi connectivity index (χ1) is 13.8. The van der Waals surface area contributed by atoms with Gasteiger partial charge in [-0.3, -0.25) is 14.3 Å². The van der Waals surface area contributed by atoms with Crippen molar-refractivity contribution in [3.8, 4) is 16.2 Å². The topological polar surface area (TPSA) is 73.2 Å². The van der Waals surface area contributed by atoms with Crippen molar-refractivity contribution in [1.82, 2.24) is 15.1 Å². The van der Waals surface area contributed by atoms with Gasteiger partial charge in [-0.1, -0.05) is 11.6 Å². The van der Waals surface area contributed by atoms with Crippen molar-refractivity contribution in [2.75, 3.05) is 6.54 Å². The van der Waals surface area contributed by atoms with Gasteiger partial charge >= 0.3 is 0 Å². The highest BCUT2D eigenvalue weighted by molar-refractivity contribution is 7.17. The predicted molar refractivity (Wildman–Crippen MR) is 113 cm³/mol. The maximum atomic E-state index is 12.3. The number of nitrogens with one attached hydrogen (secondary N) is 1. The van der Waals surface area contributed by atoms with Gasteiger partial charge in [0.25, 0.3) is 5.91 Å². The van der Waals surface area contributed by atoms with Gasteiger partial charge in [0.05, 0.1) is 16.4 Å². The Kier molecular flexibility index (Phi) is 5.19. The molecule has 4 rings (SSSR count). The number of aromatic nitrogens is 2. The Morgan fingerprint density at radius 1 is 1.34 bits per heavy atom. The van der Waals surface area contributed by atoms with Crippen molar-refractivity contribution >= 4 is 34.6 Å². The van der Waals surface area contributed by atoms with Gasteiger partial charge < -0.3 is 10.1 Å². The molecule has 3 heterocycles. The van der Waals surface area contributed by atoms with Crippen LogP contribution in [0.15, 0.2) is 30.3 Å². The van der Waals surface area contributed by atoms with Crippen LogP contribution in [0.3, 0.4) is 0 Å². The summed E-state index contributed by atoms with van der Waals surface area (Å²) in [5.74, 6) is 0.484. The van der Waals surface area contributed by atoms with E-state index < -0.39 is 0 Å². The van der Waals surface area contributed by atoms with E-state index in [0.29, 0.717) is 29.4 Å². The monoisotopic (exact) mass is 429 g/mol. The van der Waals surface area contributed by atoms with Crippen LogP contribution in [0.4, 0.5) is 0 Å². The molecule has 1 unspecified atom stereocenters. The Bertz CT molecular complexity index is 1100. The summed E-state index contributed by atoms with van der Waals surface area (Å²) in [6.07, 6.45) is 0.456. The van der Waals surface area contributed by atoms with E-state index in [-0.39, 0.29) is 17.8 Å². The lowest BCUT2D eigenvalue weighted by atomic mass is 10.1. The number of benzene rings is 1. The molecule has 0 radical (unpaired) electrons. The molecule has 1 aliphatic heterocycles. The van der Waals surface area contributed by atoms with Crippen LogP contribution in [0, 0.1) is 6.92 Å². The number of hydrogen-bond acceptors (Lipinski definition) is 5. The average molecular weight is 430 g/mol. The SMILES string of the molecule is CC(=O)c1ccc(-c2cc(Cl)c3c(c2)CC(CNC(=O)c2cc(C)n(C)n2)O3)s1. The highest BCUT2D eigenvalue weighted by Gasteiger charge is 2.27. The van der Waals surface area contributed by atoms with Crippen LogP contribution < -0.4 is 10.1 Å². The molecule has 0 saturated heterocycles. The lowest BCUT2D eigenvalue weighted by molar-refractivity contribution is 0.0927. The number of hydrogen-bond donors (Lipinski definition) is 1. The van der Waals surface area contributed by atoms with E-state index >= 15 is 0 Å². The van der Waals surface area contributed by atoms with Crippen LogP contribution in [0.5, 0.6) is 5.75 Å². The lowest BCUT2D eigenvalue weighted by Gasteiger charge is -2.11. The van der Waals surface area contributed by atoms with Crippen molar-refractivity contribution in [3.63, 3.8) is 0 Å². The number of fused-ring (bicyclic) bond motifs is 1. The molecule has 6 nitrogen and oxygen atoms in total. The smallest absolute Gasteiger partial charge is 0.271 e. The third kappa shape index (κ3) is 3.93. The Morgan fingerprint density at radius 3 is 2.79 bits per heavy atom. The van der Waals surface area contributed by atoms with E-state index in [1.165, 1.54) is 11.3 Å². The average Bonchev–Trinajstić information content (AvgIpc) is 3.39. The summed E-state index contributed by atoms with van der Waals surface area (Å²) in [6.45, 7) is 3.82. The number of rotatable bonds is 5. The second kappa shape index (κ2) is 7.65. The second-order valence-electron chi connectivity index (χ2n) is 7.11. The normalized spacial score (nSPS) is 15.1. The van der Waals surface area contributed by atoms with Gasteiger partial charge in [0.2, 0.25) is 0 Å². The molecule has 3 aromatic rings. The number of ether oxygens (including phenoxy) is 1. The maximum absolute atomic E-state index is 12.3. The summed E-state index contributed by atoms with van der Waals surface area (Å²) < 4.78 is 7.63. The molecule has 1 aliphatic rings. The molecular weight excluding hydrogens is 410 g/mol. The molecular formula is C21H20ClN3O3S. The summed E-state index contributed by atoms with van der Waals surface area (Å²) in [4.78, 5) is 25.6. The Labute approximate surface area is 177 Å². The number of Topliss-reactive ketones (excluding diaryl/α,β-unsaturated/α-hetero) is 1. The largest absolute Gasteiger partial charge is 0.486 e. The van der Waals surface area contributed by atoms with E-state index in [9.17, 15) is 9.59 Å². The lowest BCUT2D eigenvalue weighted by Crippen LogP contribution is -2.34. The van der Waals surface area contributed by atoms with Crippen molar-refractivity contribution in [2.24, 2.45) is 7.05 Å². The van der Waals surface area contributed by atoms with E-state index in [1.54, 1.807) is 24.7 Å². The molecule has 1 N–H and O–H groups in total. The minimum Gasteiger partial charge on any atom is -0.486 e. The minimum atomic E-state index is -0.226. The zero-order valence-electron chi connectivity index (χ0n) is 16.3. The molecule has 1 aromatic carbocycles. The van der Waals surface area contributed by atoms with Crippen LogP contribution >= 0.6 is 22.9 Å². The van der Waals surface area contributed by atoms with E-state index in [2.05, 4.69) is 10.4 Å². The molecule has 1 amide bonds. The summed E-state index contributed by atoms with van der Waals surface area (Å²) in [6, 6.07) is 9.41. The number of thiophene rings is 1. The van der Waals surface area contributed by atoms with Gasteiger partial charge in [-0.2, -0.15) is 5.10 Å². The molecule has 0 fully saturated rings. The number of ketones is 1. The zero-order valence-corrected chi connectivity index (χ0v) is 17.9. The van der Waals surface area contributed by atoms with Gasteiger partial charge in [-0.15, -0.1) is 11.3 Å². The van der Waals surface area contributed by atoms with E-state index in [0.717, 1.165) is 26.6 Å². The quantitative estimate of drug-likeness (QED) is 0.621. The Balaban J connectivity index is 1.45. The number of amides is 1. The molecule has 0 bridgehead atoms. The third-order valence-electron chi connectivity index (χ3n) is 4.93.